The molecule has 0 atom stereocenters. The second-order valence-corrected chi connectivity index (χ2v) is 8.34. The second-order valence-electron chi connectivity index (χ2n) is 6.41. The van der Waals surface area contributed by atoms with Crippen LogP contribution >= 0.6 is 35.0 Å². The summed E-state index contributed by atoms with van der Waals surface area (Å²) in [5.41, 5.74) is 1.84. The predicted octanol–water partition coefficient (Wildman–Crippen LogP) is 6.07. The van der Waals surface area contributed by atoms with Crippen molar-refractivity contribution in [3.63, 3.8) is 0 Å². The number of amides is 2. The lowest BCUT2D eigenvalue weighted by molar-refractivity contribution is -0.137. The van der Waals surface area contributed by atoms with Crippen LogP contribution in [0.1, 0.15) is 11.1 Å². The zero-order chi connectivity index (χ0) is 20.4. The van der Waals surface area contributed by atoms with Crippen LogP contribution in [0, 0.1) is 0 Å². The van der Waals surface area contributed by atoms with E-state index in [0.717, 1.165) is 10.5 Å². The maximum Gasteiger partial charge on any atom is 0.268 e. The molecule has 0 radical (unpaired) electrons. The Kier molecular flexibility index (Phi) is 5.76. The number of nitrogens with zero attached hydrogens (tertiary/aromatic N) is 1. The van der Waals surface area contributed by atoms with Gasteiger partial charge in [-0.25, -0.2) is 0 Å². The summed E-state index contributed by atoms with van der Waals surface area (Å²) in [7, 11) is 0. The third-order valence-electron chi connectivity index (χ3n) is 4.51. The lowest BCUT2D eigenvalue weighted by Crippen LogP contribution is -2.31. The molecule has 0 aliphatic carbocycles. The summed E-state index contributed by atoms with van der Waals surface area (Å²) >= 11 is 13.5. The van der Waals surface area contributed by atoms with E-state index in [9.17, 15) is 9.59 Å². The Hall–Kier alpha value is -2.53. The van der Waals surface area contributed by atoms with Gasteiger partial charge in [-0.2, -0.15) is 0 Å². The largest absolute Gasteiger partial charge is 0.269 e. The molecular formula is C23H15Cl2NO2S. The van der Waals surface area contributed by atoms with E-state index < -0.39 is 0 Å². The lowest BCUT2D eigenvalue weighted by Gasteiger charge is -2.16. The zero-order valence-corrected chi connectivity index (χ0v) is 17.5. The van der Waals surface area contributed by atoms with E-state index in [1.165, 1.54) is 16.7 Å². The molecule has 3 aromatic carbocycles. The molecule has 0 unspecified atom stereocenters. The number of carbonyl (C=O) groups is 2. The average molecular weight is 440 g/mol. The van der Waals surface area contributed by atoms with Gasteiger partial charge in [0.25, 0.3) is 11.8 Å². The number of benzene rings is 3. The van der Waals surface area contributed by atoms with Crippen LogP contribution in [-0.4, -0.2) is 16.7 Å². The Morgan fingerprint density at radius 3 is 2.10 bits per heavy atom. The number of rotatable bonds is 5. The van der Waals surface area contributed by atoms with Crippen molar-refractivity contribution < 1.29 is 9.59 Å². The predicted molar refractivity (Wildman–Crippen MR) is 118 cm³/mol. The van der Waals surface area contributed by atoms with Crippen molar-refractivity contribution in [2.75, 3.05) is 0 Å². The summed E-state index contributed by atoms with van der Waals surface area (Å²) in [6, 6.07) is 23.6. The molecule has 0 aromatic heterocycles. The number of carbonyl (C=O) groups excluding carboxylic acids is 2. The van der Waals surface area contributed by atoms with Gasteiger partial charge in [-0.3, -0.25) is 14.5 Å². The van der Waals surface area contributed by atoms with Gasteiger partial charge in [0.05, 0.1) is 17.0 Å². The molecule has 0 saturated heterocycles. The zero-order valence-electron chi connectivity index (χ0n) is 15.1. The van der Waals surface area contributed by atoms with E-state index in [2.05, 4.69) is 0 Å². The first-order valence-electron chi connectivity index (χ1n) is 8.87. The highest BCUT2D eigenvalue weighted by molar-refractivity contribution is 8.04. The summed E-state index contributed by atoms with van der Waals surface area (Å²) in [5, 5.41) is 1.13. The van der Waals surface area contributed by atoms with Crippen molar-refractivity contribution >= 4 is 52.4 Å². The van der Waals surface area contributed by atoms with E-state index in [0.29, 0.717) is 26.1 Å². The lowest BCUT2D eigenvalue weighted by atomic mass is 10.1. The minimum absolute atomic E-state index is 0.123. The van der Waals surface area contributed by atoms with Gasteiger partial charge in [0.1, 0.15) is 0 Å². The van der Waals surface area contributed by atoms with Gasteiger partial charge in [0.2, 0.25) is 0 Å². The van der Waals surface area contributed by atoms with Crippen molar-refractivity contribution in [1.82, 2.24) is 4.90 Å². The van der Waals surface area contributed by atoms with Gasteiger partial charge in [-0.1, -0.05) is 83.5 Å². The van der Waals surface area contributed by atoms with Crippen LogP contribution in [-0.2, 0) is 16.1 Å². The van der Waals surface area contributed by atoms with Crippen molar-refractivity contribution in [3.05, 3.63) is 105 Å². The first kappa shape index (κ1) is 19.8. The fraction of sp³-hybridized carbons (Fsp3) is 0.0435. The summed E-state index contributed by atoms with van der Waals surface area (Å²) in [6.45, 7) is 0.123. The average Bonchev–Trinajstić information content (AvgIpc) is 2.96. The second kappa shape index (κ2) is 8.46. The molecule has 3 aromatic rings. The Balaban J connectivity index is 1.73. The molecule has 0 fully saturated rings. The number of hydrogen-bond acceptors (Lipinski definition) is 3. The summed E-state index contributed by atoms with van der Waals surface area (Å²) in [5.74, 6) is -0.647. The fourth-order valence-corrected chi connectivity index (χ4v) is 4.40. The van der Waals surface area contributed by atoms with Gasteiger partial charge < -0.3 is 0 Å². The van der Waals surface area contributed by atoms with Crippen LogP contribution in [0.15, 0.2) is 88.7 Å². The minimum atomic E-state index is -0.325. The molecule has 2 amide bonds. The highest BCUT2D eigenvalue weighted by Gasteiger charge is 2.39. The number of thioether (sulfide) groups is 1. The Morgan fingerprint density at radius 1 is 0.759 bits per heavy atom. The Bertz CT molecular complexity index is 1110. The third kappa shape index (κ3) is 4.10. The van der Waals surface area contributed by atoms with Crippen LogP contribution < -0.4 is 0 Å². The number of halogens is 2. The maximum atomic E-state index is 13.3. The molecule has 144 valence electrons. The Morgan fingerprint density at radius 2 is 1.41 bits per heavy atom. The van der Waals surface area contributed by atoms with Crippen LogP contribution in [0.25, 0.3) is 5.57 Å². The quantitative estimate of drug-likeness (QED) is 0.452. The molecule has 4 rings (SSSR count). The van der Waals surface area contributed by atoms with Crippen molar-refractivity contribution in [3.8, 4) is 0 Å². The van der Waals surface area contributed by atoms with Gasteiger partial charge in [0, 0.05) is 14.9 Å². The van der Waals surface area contributed by atoms with Crippen LogP contribution in [0.4, 0.5) is 0 Å². The molecule has 1 aliphatic rings. The Labute approximate surface area is 182 Å². The van der Waals surface area contributed by atoms with E-state index in [1.54, 1.807) is 18.2 Å². The van der Waals surface area contributed by atoms with Crippen molar-refractivity contribution in [1.29, 1.82) is 0 Å². The van der Waals surface area contributed by atoms with Crippen LogP contribution in [0.3, 0.4) is 0 Å². The molecular weight excluding hydrogens is 425 g/mol. The van der Waals surface area contributed by atoms with E-state index >= 15 is 0 Å². The molecule has 3 nitrogen and oxygen atoms in total. The molecule has 0 N–H and O–H groups in total. The van der Waals surface area contributed by atoms with Crippen molar-refractivity contribution in [2.45, 2.75) is 11.4 Å². The van der Waals surface area contributed by atoms with E-state index in [-0.39, 0.29) is 18.4 Å². The van der Waals surface area contributed by atoms with Gasteiger partial charge in [-0.15, -0.1) is 0 Å². The summed E-state index contributed by atoms with van der Waals surface area (Å²) < 4.78 is 0. The first-order valence-corrected chi connectivity index (χ1v) is 10.4. The summed E-state index contributed by atoms with van der Waals surface area (Å²) in [4.78, 5) is 29.0. The molecule has 0 bridgehead atoms. The summed E-state index contributed by atoms with van der Waals surface area (Å²) in [6.07, 6.45) is 0. The van der Waals surface area contributed by atoms with E-state index in [4.69, 9.17) is 23.2 Å². The van der Waals surface area contributed by atoms with Gasteiger partial charge in [-0.05, 0) is 41.5 Å². The smallest absolute Gasteiger partial charge is 0.268 e. The SMILES string of the molecule is O=C1C(Sc2ccc(Cl)cc2)=C(c2ccccc2)C(=O)N1Cc1ccccc1Cl. The highest BCUT2D eigenvalue weighted by Crippen LogP contribution is 2.40. The van der Waals surface area contributed by atoms with Gasteiger partial charge >= 0.3 is 0 Å². The van der Waals surface area contributed by atoms with Gasteiger partial charge in [0.15, 0.2) is 0 Å². The molecule has 0 spiro atoms. The first-order chi connectivity index (χ1) is 14.0. The van der Waals surface area contributed by atoms with Crippen LogP contribution in [0.5, 0.6) is 0 Å². The number of hydrogen-bond donors (Lipinski definition) is 0. The third-order valence-corrected chi connectivity index (χ3v) is 6.22. The van der Waals surface area contributed by atoms with Crippen LogP contribution in [0.2, 0.25) is 10.0 Å². The molecule has 29 heavy (non-hydrogen) atoms. The monoisotopic (exact) mass is 439 g/mol. The molecule has 0 saturated carbocycles. The van der Waals surface area contributed by atoms with E-state index in [1.807, 2.05) is 60.7 Å². The van der Waals surface area contributed by atoms with Crippen molar-refractivity contribution in [2.24, 2.45) is 0 Å². The maximum absolute atomic E-state index is 13.3. The standard InChI is InChI=1S/C23H15Cl2NO2S/c24-17-10-12-18(13-11-17)29-21-20(15-6-2-1-3-7-15)22(27)26(23(21)28)14-16-8-4-5-9-19(16)25/h1-13H,14H2. The number of imide groups is 1. The molecule has 6 heteroatoms. The minimum Gasteiger partial charge on any atom is -0.269 e. The normalized spacial score (nSPS) is 14.1. The highest BCUT2D eigenvalue weighted by atomic mass is 35.5. The molecule has 1 aliphatic heterocycles. The fourth-order valence-electron chi connectivity index (χ4n) is 3.07. The topological polar surface area (TPSA) is 37.4 Å². The molecule has 1 heterocycles.